The van der Waals surface area contributed by atoms with Gasteiger partial charge in [0.2, 0.25) is 0 Å². The molecule has 0 amide bonds. The van der Waals surface area contributed by atoms with Crippen LogP contribution in [0.4, 0.5) is 0 Å². The highest BCUT2D eigenvalue weighted by atomic mass is 16.5. The highest BCUT2D eigenvalue weighted by Crippen LogP contribution is 2.38. The molecule has 6 heteroatoms. The van der Waals surface area contributed by atoms with Gasteiger partial charge in [0.05, 0.1) is 20.3 Å². The molecular weight excluding hydrogens is 406 g/mol. The molecule has 1 saturated carbocycles. The second kappa shape index (κ2) is 9.80. The number of esters is 1. The normalized spacial score (nSPS) is 18.8. The maximum absolute atomic E-state index is 13.0. The number of ether oxygens (including phenoxy) is 3. The van der Waals surface area contributed by atoms with Crippen LogP contribution >= 0.6 is 0 Å². The van der Waals surface area contributed by atoms with Gasteiger partial charge >= 0.3 is 5.97 Å². The van der Waals surface area contributed by atoms with E-state index in [9.17, 15) is 9.59 Å². The van der Waals surface area contributed by atoms with E-state index in [4.69, 9.17) is 14.2 Å². The Morgan fingerprint density at radius 1 is 1.12 bits per heavy atom. The summed E-state index contributed by atoms with van der Waals surface area (Å²) in [6, 6.07) is 5.83. The Labute approximate surface area is 189 Å². The molecule has 6 nitrogen and oxygen atoms in total. The zero-order valence-corrected chi connectivity index (χ0v) is 19.3. The lowest BCUT2D eigenvalue weighted by Crippen LogP contribution is -2.18. The van der Waals surface area contributed by atoms with Gasteiger partial charge in [0, 0.05) is 17.7 Å². The topological polar surface area (TPSA) is 77.6 Å². The number of benzene rings is 1. The number of hydrogen-bond donors (Lipinski definition) is 1. The monoisotopic (exact) mass is 439 g/mol. The Balaban J connectivity index is 1.51. The van der Waals surface area contributed by atoms with Crippen molar-refractivity contribution in [2.45, 2.75) is 64.7 Å². The van der Waals surface area contributed by atoms with Crippen molar-refractivity contribution >= 4 is 11.8 Å². The number of carbonyl (C=O) groups excluding carboxylic acids is 2. The molecule has 1 atom stereocenters. The van der Waals surface area contributed by atoms with E-state index in [-0.39, 0.29) is 17.7 Å². The summed E-state index contributed by atoms with van der Waals surface area (Å²) in [5.74, 6) is 1.54. The number of nitrogens with one attached hydrogen (secondary N) is 1. The van der Waals surface area contributed by atoms with Gasteiger partial charge in [-0.25, -0.2) is 4.79 Å². The van der Waals surface area contributed by atoms with Crippen LogP contribution < -0.4 is 9.47 Å². The first kappa shape index (κ1) is 22.4. The molecule has 1 N–H and O–H groups in total. The molecule has 1 aromatic carbocycles. The van der Waals surface area contributed by atoms with Gasteiger partial charge in [0.15, 0.2) is 17.3 Å². The van der Waals surface area contributed by atoms with Crippen molar-refractivity contribution in [3.05, 3.63) is 46.3 Å². The number of ketones is 1. The maximum Gasteiger partial charge on any atom is 0.355 e. The van der Waals surface area contributed by atoms with Crippen molar-refractivity contribution in [2.75, 3.05) is 20.3 Å². The van der Waals surface area contributed by atoms with Crippen LogP contribution in [0.5, 0.6) is 11.5 Å². The molecule has 0 spiro atoms. The van der Waals surface area contributed by atoms with Crippen molar-refractivity contribution in [3.63, 3.8) is 0 Å². The van der Waals surface area contributed by atoms with Crippen LogP contribution in [0.25, 0.3) is 0 Å². The van der Waals surface area contributed by atoms with E-state index in [1.54, 1.807) is 7.11 Å². The Morgan fingerprint density at radius 2 is 1.91 bits per heavy atom. The lowest BCUT2D eigenvalue weighted by molar-refractivity contribution is 0.0403. The number of fused-ring (bicyclic) bond motifs is 1. The van der Waals surface area contributed by atoms with E-state index in [0.717, 1.165) is 24.1 Å². The van der Waals surface area contributed by atoms with Crippen LogP contribution in [-0.4, -0.2) is 37.1 Å². The Bertz CT molecular complexity index is 986. The smallest absolute Gasteiger partial charge is 0.355 e. The van der Waals surface area contributed by atoms with Gasteiger partial charge in [0.1, 0.15) is 5.69 Å². The van der Waals surface area contributed by atoms with Crippen LogP contribution in [0.3, 0.4) is 0 Å². The van der Waals surface area contributed by atoms with Crippen LogP contribution in [-0.2, 0) is 11.2 Å². The average molecular weight is 440 g/mol. The summed E-state index contributed by atoms with van der Waals surface area (Å²) in [5.41, 5.74) is 3.63. The molecule has 2 aliphatic rings. The van der Waals surface area contributed by atoms with Gasteiger partial charge in [-0.15, -0.1) is 0 Å². The highest BCUT2D eigenvalue weighted by molar-refractivity contribution is 6.03. The molecule has 172 valence electrons. The SMILES string of the molecule is CCOc1ccc(C2CC(=O)c3c([nH]c(C(=O)OCC4CCCCC4)c3C)C2)cc1OC. The molecule has 2 aromatic rings. The van der Waals surface area contributed by atoms with Crippen LogP contribution in [0, 0.1) is 12.8 Å². The molecule has 1 aromatic heterocycles. The first-order valence-corrected chi connectivity index (χ1v) is 11.7. The third-order valence-electron chi connectivity index (χ3n) is 6.83. The minimum Gasteiger partial charge on any atom is -0.493 e. The molecule has 0 aliphatic heterocycles. The Kier molecular flexibility index (Phi) is 6.87. The fraction of sp³-hybridized carbons (Fsp3) is 0.538. The van der Waals surface area contributed by atoms with E-state index in [2.05, 4.69) is 4.98 Å². The summed E-state index contributed by atoms with van der Waals surface area (Å²) in [6.45, 7) is 4.79. The minimum atomic E-state index is -0.352. The number of H-pyrrole nitrogens is 1. The van der Waals surface area contributed by atoms with Crippen LogP contribution in [0.1, 0.15) is 89.0 Å². The Hall–Kier alpha value is -2.76. The fourth-order valence-electron chi connectivity index (χ4n) is 5.11. The third kappa shape index (κ3) is 4.54. The summed E-state index contributed by atoms with van der Waals surface area (Å²) < 4.78 is 16.7. The van der Waals surface area contributed by atoms with Crippen molar-refractivity contribution in [2.24, 2.45) is 5.92 Å². The summed E-state index contributed by atoms with van der Waals surface area (Å²) in [7, 11) is 1.62. The van der Waals surface area contributed by atoms with Gasteiger partial charge in [-0.05, 0) is 68.2 Å². The third-order valence-corrected chi connectivity index (χ3v) is 6.83. The maximum atomic E-state index is 13.0. The number of aromatic amines is 1. The largest absolute Gasteiger partial charge is 0.493 e. The number of rotatable bonds is 7. The minimum absolute atomic E-state index is 0.0173. The molecule has 32 heavy (non-hydrogen) atoms. The number of methoxy groups -OCH3 is 1. The standard InChI is InChI=1S/C26H33NO5/c1-4-31-22-11-10-18(14-23(22)30-3)19-12-20-24(21(28)13-19)16(2)25(27-20)26(29)32-15-17-8-6-5-7-9-17/h10-11,14,17,19,27H,4-9,12-13,15H2,1-3H3. The van der Waals surface area contributed by atoms with E-state index in [1.807, 2.05) is 32.0 Å². The number of carbonyl (C=O) groups is 2. The van der Waals surface area contributed by atoms with Crippen molar-refractivity contribution in [1.82, 2.24) is 4.98 Å². The lowest BCUT2D eigenvalue weighted by Gasteiger charge is -2.23. The fourth-order valence-corrected chi connectivity index (χ4v) is 5.11. The lowest BCUT2D eigenvalue weighted by atomic mass is 9.81. The first-order chi connectivity index (χ1) is 15.5. The van der Waals surface area contributed by atoms with E-state index < -0.39 is 0 Å². The summed E-state index contributed by atoms with van der Waals surface area (Å²) >= 11 is 0. The average Bonchev–Trinajstić information content (AvgIpc) is 3.15. The molecule has 4 rings (SSSR count). The summed E-state index contributed by atoms with van der Waals surface area (Å²) in [6.07, 6.45) is 7.01. The van der Waals surface area contributed by atoms with Gasteiger partial charge in [-0.1, -0.05) is 25.3 Å². The second-order valence-electron chi connectivity index (χ2n) is 8.95. The quantitative estimate of drug-likeness (QED) is 0.586. The summed E-state index contributed by atoms with van der Waals surface area (Å²) in [5, 5.41) is 0. The number of Topliss-reactive ketones (excluding diaryl/α,β-unsaturated/α-hetero) is 1. The van der Waals surface area contributed by atoms with E-state index in [0.29, 0.717) is 60.3 Å². The van der Waals surface area contributed by atoms with Crippen LogP contribution in [0.2, 0.25) is 0 Å². The summed E-state index contributed by atoms with van der Waals surface area (Å²) in [4.78, 5) is 29.0. The highest BCUT2D eigenvalue weighted by Gasteiger charge is 2.33. The number of aromatic nitrogens is 1. The predicted molar refractivity (Wildman–Crippen MR) is 122 cm³/mol. The molecule has 0 radical (unpaired) electrons. The van der Waals surface area contributed by atoms with Gasteiger partial charge in [-0.3, -0.25) is 4.79 Å². The second-order valence-corrected chi connectivity index (χ2v) is 8.95. The Morgan fingerprint density at radius 3 is 2.62 bits per heavy atom. The van der Waals surface area contributed by atoms with E-state index in [1.165, 1.54) is 19.3 Å². The van der Waals surface area contributed by atoms with Gasteiger partial charge in [0.25, 0.3) is 0 Å². The van der Waals surface area contributed by atoms with Gasteiger partial charge < -0.3 is 19.2 Å². The molecule has 0 saturated heterocycles. The number of hydrogen-bond acceptors (Lipinski definition) is 5. The van der Waals surface area contributed by atoms with Crippen molar-refractivity contribution in [3.8, 4) is 11.5 Å². The predicted octanol–water partition coefficient (Wildman–Crippen LogP) is 5.38. The molecular formula is C26H33NO5. The molecule has 1 unspecified atom stereocenters. The van der Waals surface area contributed by atoms with Gasteiger partial charge in [-0.2, -0.15) is 0 Å². The molecule has 0 bridgehead atoms. The molecule has 1 heterocycles. The molecule has 1 fully saturated rings. The zero-order valence-electron chi connectivity index (χ0n) is 19.3. The van der Waals surface area contributed by atoms with Crippen LogP contribution in [0.15, 0.2) is 18.2 Å². The first-order valence-electron chi connectivity index (χ1n) is 11.7. The van der Waals surface area contributed by atoms with Crippen molar-refractivity contribution < 1.29 is 23.8 Å². The molecule has 2 aliphatic carbocycles. The van der Waals surface area contributed by atoms with Crippen molar-refractivity contribution in [1.29, 1.82) is 0 Å². The van der Waals surface area contributed by atoms with E-state index >= 15 is 0 Å². The zero-order chi connectivity index (χ0) is 22.7.